The Bertz CT molecular complexity index is 364. The van der Waals surface area contributed by atoms with Gasteiger partial charge in [0, 0.05) is 38.8 Å². The molecule has 0 unspecified atom stereocenters. The van der Waals surface area contributed by atoms with Crippen molar-refractivity contribution in [3.05, 3.63) is 29.6 Å². The van der Waals surface area contributed by atoms with Gasteiger partial charge in [0.2, 0.25) is 0 Å². The van der Waals surface area contributed by atoms with Gasteiger partial charge in [0.25, 0.3) is 0 Å². The van der Waals surface area contributed by atoms with Crippen LogP contribution in [0.25, 0.3) is 0 Å². The number of aryl methyl sites for hydroxylation is 1. The number of piperazine rings is 1. The lowest BCUT2D eigenvalue weighted by Crippen LogP contribution is -2.44. The van der Waals surface area contributed by atoms with Crippen LogP contribution in [0.2, 0.25) is 0 Å². The van der Waals surface area contributed by atoms with Gasteiger partial charge in [0.15, 0.2) is 0 Å². The molecule has 0 aliphatic carbocycles. The van der Waals surface area contributed by atoms with Crippen molar-refractivity contribution < 1.29 is 9.13 Å². The maximum Gasteiger partial charge on any atom is 0.129 e. The normalized spacial score (nSPS) is 17.1. The summed E-state index contributed by atoms with van der Waals surface area (Å²) < 4.78 is 18.8. The van der Waals surface area contributed by atoms with Crippen molar-refractivity contribution in [3.8, 4) is 5.75 Å². The molecular weight excluding hydrogens is 219 g/mol. The number of benzene rings is 1. The monoisotopic (exact) mass is 238 g/mol. The van der Waals surface area contributed by atoms with Crippen LogP contribution in [0.15, 0.2) is 18.2 Å². The van der Waals surface area contributed by atoms with Crippen LogP contribution in [0.5, 0.6) is 5.75 Å². The van der Waals surface area contributed by atoms with Gasteiger partial charge in [0.05, 0.1) is 0 Å². The Morgan fingerprint density at radius 1 is 1.35 bits per heavy atom. The highest BCUT2D eigenvalue weighted by Crippen LogP contribution is 2.15. The molecule has 0 spiro atoms. The van der Waals surface area contributed by atoms with Crippen LogP contribution in [-0.4, -0.2) is 44.2 Å². The van der Waals surface area contributed by atoms with Crippen molar-refractivity contribution in [2.45, 2.75) is 6.92 Å². The van der Waals surface area contributed by atoms with E-state index >= 15 is 0 Å². The van der Waals surface area contributed by atoms with Crippen molar-refractivity contribution in [3.63, 3.8) is 0 Å². The van der Waals surface area contributed by atoms with E-state index in [4.69, 9.17) is 4.74 Å². The molecule has 0 bridgehead atoms. The molecule has 1 aliphatic rings. The van der Waals surface area contributed by atoms with Crippen LogP contribution >= 0.6 is 0 Å². The Morgan fingerprint density at radius 2 is 2.12 bits per heavy atom. The maximum atomic E-state index is 13.3. The molecule has 1 saturated heterocycles. The second-order valence-electron chi connectivity index (χ2n) is 4.35. The Hall–Kier alpha value is -1.13. The maximum absolute atomic E-state index is 13.3. The van der Waals surface area contributed by atoms with E-state index < -0.39 is 0 Å². The molecule has 1 aromatic rings. The highest BCUT2D eigenvalue weighted by Gasteiger charge is 2.09. The van der Waals surface area contributed by atoms with Crippen molar-refractivity contribution in [1.82, 2.24) is 10.2 Å². The third-order valence-corrected chi connectivity index (χ3v) is 3.03. The highest BCUT2D eigenvalue weighted by molar-refractivity contribution is 5.27. The number of nitrogens with one attached hydrogen (secondary N) is 1. The molecule has 1 fully saturated rings. The minimum Gasteiger partial charge on any atom is -0.492 e. The molecule has 1 heterocycles. The van der Waals surface area contributed by atoms with E-state index in [1.807, 2.05) is 6.07 Å². The fraction of sp³-hybridized carbons (Fsp3) is 0.538. The fourth-order valence-electron chi connectivity index (χ4n) is 1.89. The molecule has 3 nitrogen and oxygen atoms in total. The van der Waals surface area contributed by atoms with Crippen molar-refractivity contribution in [1.29, 1.82) is 0 Å². The molecule has 0 amide bonds. The summed E-state index contributed by atoms with van der Waals surface area (Å²) in [6, 6.07) is 5.01. The van der Waals surface area contributed by atoms with Gasteiger partial charge in [-0.05, 0) is 18.6 Å². The lowest BCUT2D eigenvalue weighted by Gasteiger charge is -2.26. The molecule has 1 N–H and O–H groups in total. The van der Waals surface area contributed by atoms with Gasteiger partial charge in [-0.15, -0.1) is 0 Å². The largest absolute Gasteiger partial charge is 0.492 e. The number of rotatable bonds is 4. The number of hydrogen-bond donors (Lipinski definition) is 1. The van der Waals surface area contributed by atoms with E-state index in [-0.39, 0.29) is 5.82 Å². The van der Waals surface area contributed by atoms with Crippen LogP contribution in [0.4, 0.5) is 4.39 Å². The number of ether oxygens (including phenoxy) is 1. The molecule has 4 heteroatoms. The summed E-state index contributed by atoms with van der Waals surface area (Å²) in [7, 11) is 0. The Morgan fingerprint density at radius 3 is 2.82 bits per heavy atom. The molecule has 0 aromatic heterocycles. The van der Waals surface area contributed by atoms with E-state index in [9.17, 15) is 4.39 Å². The third-order valence-electron chi connectivity index (χ3n) is 3.03. The zero-order valence-corrected chi connectivity index (χ0v) is 10.2. The lowest BCUT2D eigenvalue weighted by atomic mass is 10.2. The average molecular weight is 238 g/mol. The fourth-order valence-corrected chi connectivity index (χ4v) is 1.89. The van der Waals surface area contributed by atoms with Crippen molar-refractivity contribution in [2.24, 2.45) is 0 Å². The van der Waals surface area contributed by atoms with Gasteiger partial charge in [-0.25, -0.2) is 4.39 Å². The predicted octanol–water partition coefficient (Wildman–Crippen LogP) is 1.42. The number of nitrogens with zero attached hydrogens (tertiary/aromatic N) is 1. The number of hydrogen-bond acceptors (Lipinski definition) is 3. The average Bonchev–Trinajstić information content (AvgIpc) is 2.35. The van der Waals surface area contributed by atoms with Crippen LogP contribution in [0.1, 0.15) is 5.56 Å². The summed E-state index contributed by atoms with van der Waals surface area (Å²) in [4.78, 5) is 2.35. The van der Waals surface area contributed by atoms with E-state index in [0.717, 1.165) is 32.7 Å². The van der Waals surface area contributed by atoms with Crippen LogP contribution in [0.3, 0.4) is 0 Å². The van der Waals surface area contributed by atoms with Crippen molar-refractivity contribution >= 4 is 0 Å². The van der Waals surface area contributed by atoms with Gasteiger partial charge >= 0.3 is 0 Å². The summed E-state index contributed by atoms with van der Waals surface area (Å²) >= 11 is 0. The standard InChI is InChI=1S/C13H19FN2O/c1-11-2-3-12(10-13(11)14)17-9-8-16-6-4-15-5-7-16/h2-3,10,15H,4-9H2,1H3. The summed E-state index contributed by atoms with van der Waals surface area (Å²) in [5.41, 5.74) is 0.652. The second-order valence-corrected chi connectivity index (χ2v) is 4.35. The summed E-state index contributed by atoms with van der Waals surface area (Å²) in [5, 5.41) is 3.30. The van der Waals surface area contributed by atoms with Gasteiger partial charge in [-0.2, -0.15) is 0 Å². The lowest BCUT2D eigenvalue weighted by molar-refractivity contribution is 0.191. The van der Waals surface area contributed by atoms with Gasteiger partial charge in [-0.3, -0.25) is 4.90 Å². The first-order valence-corrected chi connectivity index (χ1v) is 6.08. The first-order chi connectivity index (χ1) is 8.25. The topological polar surface area (TPSA) is 24.5 Å². The molecule has 17 heavy (non-hydrogen) atoms. The van der Waals surface area contributed by atoms with E-state index in [1.165, 1.54) is 6.07 Å². The molecule has 94 valence electrons. The number of halogens is 1. The predicted molar refractivity (Wildman–Crippen MR) is 65.9 cm³/mol. The minimum absolute atomic E-state index is 0.204. The second kappa shape index (κ2) is 5.98. The summed E-state index contributed by atoms with van der Waals surface area (Å²) in [5.74, 6) is 0.410. The van der Waals surface area contributed by atoms with Gasteiger partial charge in [-0.1, -0.05) is 6.07 Å². The smallest absolute Gasteiger partial charge is 0.129 e. The Kier molecular flexibility index (Phi) is 4.34. The van der Waals surface area contributed by atoms with E-state index in [2.05, 4.69) is 10.2 Å². The molecule has 0 radical (unpaired) electrons. The highest BCUT2D eigenvalue weighted by atomic mass is 19.1. The Labute approximate surface area is 102 Å². The van der Waals surface area contributed by atoms with Gasteiger partial charge in [0.1, 0.15) is 18.2 Å². The quantitative estimate of drug-likeness (QED) is 0.858. The first-order valence-electron chi connectivity index (χ1n) is 6.08. The summed E-state index contributed by atoms with van der Waals surface area (Å²) in [6.07, 6.45) is 0. The van der Waals surface area contributed by atoms with Gasteiger partial charge < -0.3 is 10.1 Å². The summed E-state index contributed by atoms with van der Waals surface area (Å²) in [6.45, 7) is 7.47. The minimum atomic E-state index is -0.204. The molecular formula is C13H19FN2O. The molecule has 1 aliphatic heterocycles. The third kappa shape index (κ3) is 3.68. The van der Waals surface area contributed by atoms with E-state index in [0.29, 0.717) is 17.9 Å². The zero-order valence-electron chi connectivity index (χ0n) is 10.2. The SMILES string of the molecule is Cc1ccc(OCCN2CCNCC2)cc1F. The van der Waals surface area contributed by atoms with Crippen LogP contribution < -0.4 is 10.1 Å². The van der Waals surface area contributed by atoms with Crippen LogP contribution in [-0.2, 0) is 0 Å². The molecule has 1 aromatic carbocycles. The molecule has 2 rings (SSSR count). The van der Waals surface area contributed by atoms with Crippen molar-refractivity contribution in [2.75, 3.05) is 39.3 Å². The van der Waals surface area contributed by atoms with E-state index in [1.54, 1.807) is 13.0 Å². The van der Waals surface area contributed by atoms with Crippen LogP contribution in [0, 0.1) is 12.7 Å². The molecule has 0 saturated carbocycles. The first kappa shape index (κ1) is 12.3. The molecule has 0 atom stereocenters. The Balaban J connectivity index is 1.75. The zero-order chi connectivity index (χ0) is 12.1.